The molecule has 1 amide bonds. The third-order valence-electron chi connectivity index (χ3n) is 2.15. The lowest BCUT2D eigenvalue weighted by Gasteiger charge is -2.18. The molecular formula is C9H9ClN2O2. The number of nitrogens with one attached hydrogen (secondary N) is 1. The van der Waals surface area contributed by atoms with Crippen LogP contribution in [-0.2, 0) is 4.79 Å². The summed E-state index contributed by atoms with van der Waals surface area (Å²) in [5.74, 6) is -0.352. The van der Waals surface area contributed by atoms with Gasteiger partial charge in [-0.3, -0.25) is 15.3 Å². The minimum atomic E-state index is -0.531. The van der Waals surface area contributed by atoms with Gasteiger partial charge in [-0.15, -0.1) is 0 Å². The maximum atomic E-state index is 11.0. The van der Waals surface area contributed by atoms with E-state index in [2.05, 4.69) is 5.32 Å². The maximum absolute atomic E-state index is 11.0. The van der Waals surface area contributed by atoms with Gasteiger partial charge in [0, 0.05) is 10.6 Å². The quantitative estimate of drug-likeness (QED) is 0.687. The van der Waals surface area contributed by atoms with E-state index < -0.39 is 6.17 Å². The molecule has 14 heavy (non-hydrogen) atoms. The summed E-state index contributed by atoms with van der Waals surface area (Å²) in [5, 5.41) is 13.4. The lowest BCUT2D eigenvalue weighted by atomic mass is 10.2. The number of hydroxylamine groups is 2. The predicted molar refractivity (Wildman–Crippen MR) is 50.8 cm³/mol. The highest BCUT2D eigenvalue weighted by Crippen LogP contribution is 2.26. The molecule has 5 heteroatoms. The van der Waals surface area contributed by atoms with Crippen molar-refractivity contribution in [1.29, 1.82) is 0 Å². The molecule has 1 saturated heterocycles. The Morgan fingerprint density at radius 3 is 2.79 bits per heavy atom. The molecule has 74 valence electrons. The largest absolute Gasteiger partial charge is 0.284 e. The summed E-state index contributed by atoms with van der Waals surface area (Å²) in [6, 6.07) is 7.08. The van der Waals surface area contributed by atoms with Gasteiger partial charge in [0.15, 0.2) is 0 Å². The van der Waals surface area contributed by atoms with Gasteiger partial charge in [0.2, 0.25) is 0 Å². The fourth-order valence-corrected chi connectivity index (χ4v) is 1.67. The molecule has 0 aromatic heterocycles. The SMILES string of the molecule is O=C1CN[C@H](c2ccccc2Cl)N1O. The zero-order chi connectivity index (χ0) is 10.1. The summed E-state index contributed by atoms with van der Waals surface area (Å²) in [6.45, 7) is 0.131. The van der Waals surface area contributed by atoms with E-state index in [0.29, 0.717) is 15.6 Å². The highest BCUT2D eigenvalue weighted by atomic mass is 35.5. The summed E-state index contributed by atoms with van der Waals surface area (Å²) in [5.41, 5.74) is 0.697. The van der Waals surface area contributed by atoms with Crippen LogP contribution in [0.1, 0.15) is 11.7 Å². The number of carbonyl (C=O) groups excluding carboxylic acids is 1. The molecule has 1 atom stereocenters. The Bertz CT molecular complexity index is 370. The van der Waals surface area contributed by atoms with Gasteiger partial charge in [0.25, 0.3) is 5.91 Å². The van der Waals surface area contributed by atoms with Crippen LogP contribution in [0.2, 0.25) is 5.02 Å². The summed E-state index contributed by atoms with van der Waals surface area (Å²) >= 11 is 5.93. The molecule has 0 spiro atoms. The predicted octanol–water partition coefficient (Wildman–Crippen LogP) is 1.16. The van der Waals surface area contributed by atoms with Gasteiger partial charge in [-0.05, 0) is 6.07 Å². The average molecular weight is 213 g/mol. The number of hydrogen-bond acceptors (Lipinski definition) is 3. The van der Waals surface area contributed by atoms with Crippen molar-refractivity contribution >= 4 is 17.5 Å². The van der Waals surface area contributed by atoms with E-state index in [4.69, 9.17) is 11.6 Å². The number of hydrogen-bond donors (Lipinski definition) is 2. The van der Waals surface area contributed by atoms with Crippen molar-refractivity contribution in [2.75, 3.05) is 6.54 Å². The minimum absolute atomic E-state index is 0.131. The molecule has 1 fully saturated rings. The number of carbonyl (C=O) groups is 1. The van der Waals surface area contributed by atoms with E-state index >= 15 is 0 Å². The molecule has 4 nitrogen and oxygen atoms in total. The Hall–Kier alpha value is -1.10. The second-order valence-corrected chi connectivity index (χ2v) is 3.45. The van der Waals surface area contributed by atoms with Gasteiger partial charge >= 0.3 is 0 Å². The van der Waals surface area contributed by atoms with Gasteiger partial charge in [-0.2, -0.15) is 0 Å². The summed E-state index contributed by atoms with van der Waals surface area (Å²) in [6.07, 6.45) is -0.531. The Morgan fingerprint density at radius 2 is 2.21 bits per heavy atom. The van der Waals surface area contributed by atoms with Crippen LogP contribution in [0.15, 0.2) is 24.3 Å². The summed E-state index contributed by atoms with van der Waals surface area (Å²) in [4.78, 5) is 11.0. The molecule has 0 aliphatic carbocycles. The van der Waals surface area contributed by atoms with Crippen LogP contribution in [0.3, 0.4) is 0 Å². The summed E-state index contributed by atoms with van der Waals surface area (Å²) < 4.78 is 0. The van der Waals surface area contributed by atoms with E-state index in [1.54, 1.807) is 24.3 Å². The normalized spacial score (nSPS) is 21.7. The smallest absolute Gasteiger partial charge is 0.261 e. The molecule has 0 unspecified atom stereocenters. The van der Waals surface area contributed by atoms with Crippen molar-refractivity contribution in [3.8, 4) is 0 Å². The first-order valence-electron chi connectivity index (χ1n) is 4.19. The number of nitrogens with zero attached hydrogens (tertiary/aromatic N) is 1. The second kappa shape index (κ2) is 3.57. The fraction of sp³-hybridized carbons (Fsp3) is 0.222. The Morgan fingerprint density at radius 1 is 1.50 bits per heavy atom. The number of benzene rings is 1. The first kappa shape index (κ1) is 9.45. The van der Waals surface area contributed by atoms with Crippen molar-refractivity contribution in [2.24, 2.45) is 0 Å². The van der Waals surface area contributed by atoms with Crippen molar-refractivity contribution in [3.05, 3.63) is 34.9 Å². The third-order valence-corrected chi connectivity index (χ3v) is 2.49. The zero-order valence-electron chi connectivity index (χ0n) is 7.27. The standard InChI is InChI=1S/C9H9ClN2O2/c10-7-4-2-1-3-6(7)9-11-5-8(13)12(9)14/h1-4,9,11,14H,5H2/t9-/m0/s1. The van der Waals surface area contributed by atoms with Crippen molar-refractivity contribution in [2.45, 2.75) is 6.17 Å². The highest BCUT2D eigenvalue weighted by molar-refractivity contribution is 6.31. The van der Waals surface area contributed by atoms with Crippen LogP contribution in [-0.4, -0.2) is 22.7 Å². The topological polar surface area (TPSA) is 52.6 Å². The number of rotatable bonds is 1. The number of amides is 1. The van der Waals surface area contributed by atoms with E-state index in [1.165, 1.54) is 0 Å². The first-order valence-corrected chi connectivity index (χ1v) is 4.56. The van der Waals surface area contributed by atoms with Crippen molar-refractivity contribution in [1.82, 2.24) is 10.4 Å². The van der Waals surface area contributed by atoms with Crippen LogP contribution in [0.5, 0.6) is 0 Å². The van der Waals surface area contributed by atoms with Gasteiger partial charge in [-0.1, -0.05) is 29.8 Å². The molecule has 1 aromatic rings. The monoisotopic (exact) mass is 212 g/mol. The lowest BCUT2D eigenvalue weighted by Crippen LogP contribution is -2.26. The van der Waals surface area contributed by atoms with E-state index in [1.807, 2.05) is 0 Å². The molecule has 1 aliphatic heterocycles. The van der Waals surface area contributed by atoms with Crippen LogP contribution in [0, 0.1) is 0 Å². The summed E-state index contributed by atoms with van der Waals surface area (Å²) in [7, 11) is 0. The van der Waals surface area contributed by atoms with Gasteiger partial charge < -0.3 is 0 Å². The van der Waals surface area contributed by atoms with Gasteiger partial charge in [-0.25, -0.2) is 5.06 Å². The van der Waals surface area contributed by atoms with Crippen LogP contribution in [0.4, 0.5) is 0 Å². The van der Waals surface area contributed by atoms with Crippen LogP contribution < -0.4 is 5.32 Å². The van der Waals surface area contributed by atoms with E-state index in [-0.39, 0.29) is 12.5 Å². The third kappa shape index (κ3) is 1.48. The molecule has 0 bridgehead atoms. The Balaban J connectivity index is 2.32. The van der Waals surface area contributed by atoms with Gasteiger partial charge in [0.05, 0.1) is 6.54 Å². The average Bonchev–Trinajstić information content (AvgIpc) is 2.49. The second-order valence-electron chi connectivity index (χ2n) is 3.04. The molecule has 2 N–H and O–H groups in total. The molecule has 0 radical (unpaired) electrons. The molecule has 1 aromatic carbocycles. The van der Waals surface area contributed by atoms with Crippen molar-refractivity contribution in [3.63, 3.8) is 0 Å². The Kier molecular flexibility index (Phi) is 2.41. The maximum Gasteiger partial charge on any atom is 0.261 e. The van der Waals surface area contributed by atoms with E-state index in [9.17, 15) is 10.0 Å². The molecule has 0 saturated carbocycles. The highest BCUT2D eigenvalue weighted by Gasteiger charge is 2.31. The molecule has 1 heterocycles. The molecule has 2 rings (SSSR count). The van der Waals surface area contributed by atoms with Gasteiger partial charge in [0.1, 0.15) is 6.17 Å². The molecular weight excluding hydrogens is 204 g/mol. The van der Waals surface area contributed by atoms with Crippen LogP contribution >= 0.6 is 11.6 Å². The Labute approximate surface area is 86.0 Å². The minimum Gasteiger partial charge on any atom is -0.284 e. The number of halogens is 1. The van der Waals surface area contributed by atoms with Crippen LogP contribution in [0.25, 0.3) is 0 Å². The van der Waals surface area contributed by atoms with Crippen molar-refractivity contribution < 1.29 is 10.0 Å². The molecule has 1 aliphatic rings. The first-order chi connectivity index (χ1) is 6.70. The fourth-order valence-electron chi connectivity index (χ4n) is 1.43. The lowest BCUT2D eigenvalue weighted by molar-refractivity contribution is -0.165. The zero-order valence-corrected chi connectivity index (χ0v) is 8.03. The van der Waals surface area contributed by atoms with E-state index in [0.717, 1.165) is 0 Å².